The summed E-state index contributed by atoms with van der Waals surface area (Å²) in [5.74, 6) is 0.0182. The number of nitrogens with zero attached hydrogens (tertiary/aromatic N) is 1. The van der Waals surface area contributed by atoms with Crippen molar-refractivity contribution in [1.82, 2.24) is 4.90 Å². The lowest BCUT2D eigenvalue weighted by molar-refractivity contribution is 0.0778. The average Bonchev–Trinajstić information content (AvgIpc) is 2.26. The van der Waals surface area contributed by atoms with Crippen LogP contribution in [-0.4, -0.2) is 28.9 Å². The van der Waals surface area contributed by atoms with Gasteiger partial charge in [0, 0.05) is 12.1 Å². The van der Waals surface area contributed by atoms with Gasteiger partial charge in [0.25, 0.3) is 5.91 Å². The summed E-state index contributed by atoms with van der Waals surface area (Å²) in [6.45, 7) is 9.02. The molecule has 3 nitrogen and oxygen atoms in total. The number of carbonyl (C=O) groups excluding carboxylic acids is 1. The second-order valence-corrected chi connectivity index (χ2v) is 5.49. The molecule has 0 aromatic heterocycles. The summed E-state index contributed by atoms with van der Waals surface area (Å²) in [4.78, 5) is 14.7. The molecule has 0 heterocycles. The SMILES string of the molecule is CCCN(CC(N)=S)C(=O)c1c(C)cc(C)cc1C. The Balaban J connectivity index is 3.12. The highest BCUT2D eigenvalue weighted by Crippen LogP contribution is 2.18. The molecule has 0 aliphatic rings. The predicted molar refractivity (Wildman–Crippen MR) is 83.6 cm³/mol. The van der Waals surface area contributed by atoms with E-state index in [1.807, 2.05) is 39.8 Å². The first-order chi connectivity index (χ1) is 8.86. The zero-order chi connectivity index (χ0) is 14.6. The maximum absolute atomic E-state index is 12.6. The molecule has 2 N–H and O–H groups in total. The van der Waals surface area contributed by atoms with E-state index in [0.717, 1.165) is 23.1 Å². The van der Waals surface area contributed by atoms with Crippen molar-refractivity contribution in [3.63, 3.8) is 0 Å². The van der Waals surface area contributed by atoms with Gasteiger partial charge in [-0.2, -0.15) is 0 Å². The first-order valence-corrected chi connectivity index (χ1v) is 6.93. The second-order valence-electron chi connectivity index (χ2n) is 4.97. The van der Waals surface area contributed by atoms with Crippen LogP contribution in [0.25, 0.3) is 0 Å². The number of amides is 1. The molecule has 1 aromatic rings. The minimum atomic E-state index is 0.0182. The highest BCUT2D eigenvalue weighted by Gasteiger charge is 2.19. The fraction of sp³-hybridized carbons (Fsp3) is 0.467. The van der Waals surface area contributed by atoms with Crippen LogP contribution >= 0.6 is 12.2 Å². The van der Waals surface area contributed by atoms with Gasteiger partial charge < -0.3 is 10.6 Å². The molecule has 19 heavy (non-hydrogen) atoms. The zero-order valence-electron chi connectivity index (χ0n) is 12.1. The summed E-state index contributed by atoms with van der Waals surface area (Å²) in [6, 6.07) is 4.07. The van der Waals surface area contributed by atoms with Crippen molar-refractivity contribution < 1.29 is 4.79 Å². The molecule has 0 atom stereocenters. The Morgan fingerprint density at radius 3 is 2.21 bits per heavy atom. The van der Waals surface area contributed by atoms with Crippen LogP contribution in [0.2, 0.25) is 0 Å². The summed E-state index contributed by atoms with van der Waals surface area (Å²) in [5.41, 5.74) is 9.53. The Kier molecular flexibility index (Phi) is 5.48. The number of aryl methyl sites for hydroxylation is 3. The Labute approximate surface area is 120 Å². The lowest BCUT2D eigenvalue weighted by Crippen LogP contribution is -2.38. The molecule has 0 saturated heterocycles. The molecule has 1 rings (SSSR count). The minimum Gasteiger partial charge on any atom is -0.392 e. The third-order valence-corrected chi connectivity index (χ3v) is 3.15. The van der Waals surface area contributed by atoms with Crippen molar-refractivity contribution in [2.24, 2.45) is 5.73 Å². The third kappa shape index (κ3) is 4.03. The van der Waals surface area contributed by atoms with Crippen molar-refractivity contribution in [3.05, 3.63) is 34.4 Å². The highest BCUT2D eigenvalue weighted by atomic mass is 32.1. The molecule has 0 unspecified atom stereocenters. The van der Waals surface area contributed by atoms with Gasteiger partial charge in [-0.1, -0.05) is 36.8 Å². The van der Waals surface area contributed by atoms with Crippen molar-refractivity contribution in [3.8, 4) is 0 Å². The molecule has 0 aliphatic carbocycles. The number of hydrogen-bond acceptors (Lipinski definition) is 2. The van der Waals surface area contributed by atoms with Crippen LogP contribution in [0.4, 0.5) is 0 Å². The van der Waals surface area contributed by atoms with Crippen molar-refractivity contribution in [1.29, 1.82) is 0 Å². The van der Waals surface area contributed by atoms with E-state index in [-0.39, 0.29) is 5.91 Å². The van der Waals surface area contributed by atoms with E-state index in [0.29, 0.717) is 18.1 Å². The topological polar surface area (TPSA) is 46.3 Å². The van der Waals surface area contributed by atoms with Gasteiger partial charge in [0.15, 0.2) is 0 Å². The average molecular weight is 278 g/mol. The first-order valence-electron chi connectivity index (χ1n) is 6.52. The summed E-state index contributed by atoms with van der Waals surface area (Å²) in [5, 5.41) is 0. The van der Waals surface area contributed by atoms with E-state index in [1.54, 1.807) is 4.90 Å². The largest absolute Gasteiger partial charge is 0.392 e. The van der Waals surface area contributed by atoms with E-state index in [2.05, 4.69) is 0 Å². The van der Waals surface area contributed by atoms with Gasteiger partial charge in [0.2, 0.25) is 0 Å². The van der Waals surface area contributed by atoms with Crippen LogP contribution in [0.1, 0.15) is 40.4 Å². The number of rotatable bonds is 5. The van der Waals surface area contributed by atoms with Crippen molar-refractivity contribution in [2.75, 3.05) is 13.1 Å². The van der Waals surface area contributed by atoms with Crippen LogP contribution in [-0.2, 0) is 0 Å². The Hall–Kier alpha value is -1.42. The first kappa shape index (κ1) is 15.6. The molecule has 0 spiro atoms. The molecular formula is C15H22N2OS. The van der Waals surface area contributed by atoms with E-state index < -0.39 is 0 Å². The molecule has 0 fully saturated rings. The molecule has 1 amide bonds. The number of carbonyl (C=O) groups is 1. The molecule has 0 bridgehead atoms. The lowest BCUT2D eigenvalue weighted by Gasteiger charge is -2.23. The molecule has 0 aliphatic heterocycles. The van der Waals surface area contributed by atoms with E-state index in [9.17, 15) is 4.79 Å². The van der Waals surface area contributed by atoms with Crippen LogP contribution in [0.5, 0.6) is 0 Å². The van der Waals surface area contributed by atoms with Gasteiger partial charge in [0.05, 0.1) is 11.5 Å². The van der Waals surface area contributed by atoms with Crippen LogP contribution < -0.4 is 5.73 Å². The smallest absolute Gasteiger partial charge is 0.254 e. The predicted octanol–water partition coefficient (Wildman–Crippen LogP) is 2.75. The summed E-state index contributed by atoms with van der Waals surface area (Å²) in [7, 11) is 0. The molecule has 1 aromatic carbocycles. The van der Waals surface area contributed by atoms with E-state index in [1.165, 1.54) is 5.56 Å². The van der Waals surface area contributed by atoms with Crippen molar-refractivity contribution >= 4 is 23.1 Å². The Morgan fingerprint density at radius 2 is 1.79 bits per heavy atom. The van der Waals surface area contributed by atoms with Gasteiger partial charge in [-0.05, 0) is 38.3 Å². The minimum absolute atomic E-state index is 0.0182. The van der Waals surface area contributed by atoms with Gasteiger partial charge in [0.1, 0.15) is 0 Å². The summed E-state index contributed by atoms with van der Waals surface area (Å²) in [6.07, 6.45) is 0.887. The van der Waals surface area contributed by atoms with E-state index in [4.69, 9.17) is 18.0 Å². The standard InChI is InChI=1S/C15H22N2OS/c1-5-6-17(9-13(16)19)15(18)14-11(3)7-10(2)8-12(14)4/h7-8H,5-6,9H2,1-4H3,(H2,16,19). The molecule has 104 valence electrons. The fourth-order valence-corrected chi connectivity index (χ4v) is 2.54. The highest BCUT2D eigenvalue weighted by molar-refractivity contribution is 7.80. The van der Waals surface area contributed by atoms with Gasteiger partial charge in [-0.3, -0.25) is 4.79 Å². The third-order valence-electron chi connectivity index (χ3n) is 3.02. The molecule has 0 radical (unpaired) electrons. The molecule has 4 heteroatoms. The van der Waals surface area contributed by atoms with Gasteiger partial charge in [-0.25, -0.2) is 0 Å². The fourth-order valence-electron chi connectivity index (χ4n) is 2.39. The Morgan fingerprint density at radius 1 is 1.26 bits per heavy atom. The Bertz CT molecular complexity index is 474. The molecular weight excluding hydrogens is 256 g/mol. The normalized spacial score (nSPS) is 10.3. The number of hydrogen-bond donors (Lipinski definition) is 1. The second kappa shape index (κ2) is 6.66. The maximum Gasteiger partial charge on any atom is 0.254 e. The molecule has 0 saturated carbocycles. The van der Waals surface area contributed by atoms with Gasteiger partial charge >= 0.3 is 0 Å². The van der Waals surface area contributed by atoms with Gasteiger partial charge in [-0.15, -0.1) is 0 Å². The van der Waals surface area contributed by atoms with E-state index >= 15 is 0 Å². The summed E-state index contributed by atoms with van der Waals surface area (Å²) < 4.78 is 0. The number of benzene rings is 1. The van der Waals surface area contributed by atoms with Crippen LogP contribution in [0.3, 0.4) is 0 Å². The van der Waals surface area contributed by atoms with Crippen molar-refractivity contribution in [2.45, 2.75) is 34.1 Å². The summed E-state index contributed by atoms with van der Waals surface area (Å²) >= 11 is 4.93. The quantitative estimate of drug-likeness (QED) is 0.842. The number of thiocarbonyl (C=S) groups is 1. The lowest BCUT2D eigenvalue weighted by atomic mass is 9.98. The maximum atomic E-state index is 12.6. The monoisotopic (exact) mass is 278 g/mol. The zero-order valence-corrected chi connectivity index (χ0v) is 12.9. The van der Waals surface area contributed by atoms with Crippen LogP contribution in [0, 0.1) is 20.8 Å². The van der Waals surface area contributed by atoms with Crippen LogP contribution in [0.15, 0.2) is 12.1 Å². The number of nitrogens with two attached hydrogens (primary N) is 1.